The Morgan fingerprint density at radius 3 is 2.83 bits per heavy atom. The number of para-hydroxylation sites is 1. The average Bonchev–Trinajstić information content (AvgIpc) is 3.09. The molecule has 0 bridgehead atoms. The van der Waals surface area contributed by atoms with Gasteiger partial charge < -0.3 is 9.47 Å². The Morgan fingerprint density at radius 1 is 1.30 bits per heavy atom. The van der Waals surface area contributed by atoms with Gasteiger partial charge in [-0.3, -0.25) is 5.10 Å². The Hall–Kier alpha value is -2.71. The number of aryl methyl sites for hydroxylation is 1. The summed E-state index contributed by atoms with van der Waals surface area (Å²) in [6, 6.07) is 9.90. The number of rotatable bonds is 9. The molecule has 0 fully saturated rings. The van der Waals surface area contributed by atoms with E-state index in [1.54, 1.807) is 29.1 Å². The van der Waals surface area contributed by atoms with Crippen LogP contribution in [0.5, 0.6) is 11.5 Å². The maximum absolute atomic E-state index is 14.1. The maximum Gasteiger partial charge on any atom is 0.216 e. The number of nitrogens with zero attached hydrogens (tertiary/aromatic N) is 3. The molecule has 0 aliphatic carbocycles. The molecule has 6 nitrogen and oxygen atoms in total. The largest absolute Gasteiger partial charge is 0.493 e. The van der Waals surface area contributed by atoms with Crippen molar-refractivity contribution in [2.45, 2.75) is 32.8 Å². The zero-order valence-corrected chi connectivity index (χ0v) is 18.3. The van der Waals surface area contributed by atoms with Crippen LogP contribution in [0.1, 0.15) is 36.7 Å². The van der Waals surface area contributed by atoms with Crippen molar-refractivity contribution in [3.8, 4) is 11.5 Å². The van der Waals surface area contributed by atoms with E-state index in [0.29, 0.717) is 26.9 Å². The number of benzene rings is 2. The Bertz CT molecular complexity index is 1080. The normalized spacial score (nSPS) is 11.2. The standard InChI is InChI=1S/C21H22ClFN4O2S/c1-3-4-11-19-25-26-21(30)27(19)24-12-14-7-5-10-18(28-2)20(14)29-13-15-16(22)8-6-9-17(15)23/h5-10,12H,3-4,11,13H2,1-2H3,(H,26,30)/b24-12+. The van der Waals surface area contributed by atoms with Crippen LogP contribution in [0.3, 0.4) is 0 Å². The summed E-state index contributed by atoms with van der Waals surface area (Å²) in [5.74, 6) is 1.24. The fourth-order valence-corrected chi connectivity index (χ4v) is 3.24. The van der Waals surface area contributed by atoms with E-state index < -0.39 is 5.82 Å². The SMILES string of the molecule is CCCCc1n[nH]c(=S)n1/N=C/c1cccc(OC)c1OCc1c(F)cccc1Cl. The molecule has 0 saturated heterocycles. The summed E-state index contributed by atoms with van der Waals surface area (Å²) in [6.07, 6.45) is 4.39. The molecule has 158 valence electrons. The molecule has 0 amide bonds. The zero-order chi connectivity index (χ0) is 21.5. The minimum atomic E-state index is -0.433. The summed E-state index contributed by atoms with van der Waals surface area (Å²) >= 11 is 11.4. The van der Waals surface area contributed by atoms with Crippen LogP contribution in [-0.4, -0.2) is 28.2 Å². The van der Waals surface area contributed by atoms with Crippen molar-refractivity contribution in [1.29, 1.82) is 0 Å². The number of hydrogen-bond acceptors (Lipinski definition) is 5. The second kappa shape index (κ2) is 10.4. The highest BCUT2D eigenvalue weighted by molar-refractivity contribution is 7.71. The molecule has 9 heteroatoms. The van der Waals surface area contributed by atoms with Gasteiger partial charge in [0.15, 0.2) is 17.3 Å². The van der Waals surface area contributed by atoms with Gasteiger partial charge in [-0.25, -0.2) is 4.39 Å². The molecule has 30 heavy (non-hydrogen) atoms. The van der Waals surface area contributed by atoms with Crippen molar-refractivity contribution in [2.24, 2.45) is 5.10 Å². The Morgan fingerprint density at radius 2 is 2.10 bits per heavy atom. The van der Waals surface area contributed by atoms with Gasteiger partial charge in [-0.1, -0.05) is 37.1 Å². The molecule has 0 atom stereocenters. The van der Waals surface area contributed by atoms with Gasteiger partial charge in [-0.2, -0.15) is 14.9 Å². The first kappa shape index (κ1) is 22.0. The minimum absolute atomic E-state index is 0.0559. The van der Waals surface area contributed by atoms with E-state index in [1.165, 1.54) is 13.2 Å². The van der Waals surface area contributed by atoms with Crippen molar-refractivity contribution in [3.05, 3.63) is 69.0 Å². The molecule has 1 N–H and O–H groups in total. The Kier molecular flexibility index (Phi) is 7.59. The van der Waals surface area contributed by atoms with E-state index in [0.717, 1.165) is 25.1 Å². The lowest BCUT2D eigenvalue weighted by molar-refractivity contribution is 0.279. The van der Waals surface area contributed by atoms with Crippen molar-refractivity contribution in [2.75, 3.05) is 7.11 Å². The van der Waals surface area contributed by atoms with Crippen LogP contribution in [0.2, 0.25) is 5.02 Å². The summed E-state index contributed by atoms with van der Waals surface area (Å²) in [7, 11) is 1.54. The highest BCUT2D eigenvalue weighted by Gasteiger charge is 2.13. The molecule has 2 aromatic carbocycles. The van der Waals surface area contributed by atoms with E-state index in [2.05, 4.69) is 22.2 Å². The number of H-pyrrole nitrogens is 1. The molecule has 0 spiro atoms. The van der Waals surface area contributed by atoms with Crippen molar-refractivity contribution < 1.29 is 13.9 Å². The lowest BCUT2D eigenvalue weighted by Gasteiger charge is -2.14. The van der Waals surface area contributed by atoms with Crippen LogP contribution < -0.4 is 9.47 Å². The van der Waals surface area contributed by atoms with Gasteiger partial charge in [0.05, 0.1) is 18.3 Å². The molecule has 3 rings (SSSR count). The first-order chi connectivity index (χ1) is 14.5. The second-order valence-corrected chi connectivity index (χ2v) is 7.27. The lowest BCUT2D eigenvalue weighted by atomic mass is 10.2. The summed E-state index contributed by atoms with van der Waals surface area (Å²) in [5.41, 5.74) is 0.915. The molecule has 0 unspecified atom stereocenters. The third kappa shape index (κ3) is 5.06. The van der Waals surface area contributed by atoms with Crippen molar-refractivity contribution in [3.63, 3.8) is 0 Å². The van der Waals surface area contributed by atoms with E-state index >= 15 is 0 Å². The van der Waals surface area contributed by atoms with Crippen LogP contribution in [0, 0.1) is 10.6 Å². The van der Waals surface area contributed by atoms with Crippen LogP contribution in [0.4, 0.5) is 4.39 Å². The molecule has 0 saturated carbocycles. The third-order valence-corrected chi connectivity index (χ3v) is 5.05. The average molecular weight is 449 g/mol. The first-order valence-corrected chi connectivity index (χ1v) is 10.3. The minimum Gasteiger partial charge on any atom is -0.493 e. The molecule has 1 aromatic heterocycles. The third-order valence-electron chi connectivity index (χ3n) is 4.44. The Balaban J connectivity index is 1.90. The van der Waals surface area contributed by atoms with Gasteiger partial charge in [0.2, 0.25) is 4.77 Å². The molecule has 0 aliphatic heterocycles. The number of methoxy groups -OCH3 is 1. The Labute approximate surface area is 184 Å². The zero-order valence-electron chi connectivity index (χ0n) is 16.7. The van der Waals surface area contributed by atoms with Gasteiger partial charge in [0.1, 0.15) is 12.4 Å². The van der Waals surface area contributed by atoms with Gasteiger partial charge in [-0.15, -0.1) is 0 Å². The highest BCUT2D eigenvalue weighted by Crippen LogP contribution is 2.32. The van der Waals surface area contributed by atoms with E-state index in [9.17, 15) is 4.39 Å². The maximum atomic E-state index is 14.1. The van der Waals surface area contributed by atoms with Gasteiger partial charge in [-0.05, 0) is 42.9 Å². The fraction of sp³-hybridized carbons (Fsp3) is 0.286. The summed E-state index contributed by atoms with van der Waals surface area (Å²) in [4.78, 5) is 0. The van der Waals surface area contributed by atoms with E-state index in [1.807, 2.05) is 12.1 Å². The highest BCUT2D eigenvalue weighted by atomic mass is 35.5. The number of halogens is 2. The smallest absolute Gasteiger partial charge is 0.216 e. The summed E-state index contributed by atoms with van der Waals surface area (Å²) in [6.45, 7) is 2.05. The molecule has 3 aromatic rings. The number of nitrogens with one attached hydrogen (secondary N) is 1. The number of hydrogen-bond donors (Lipinski definition) is 1. The molecule has 1 heterocycles. The monoisotopic (exact) mass is 448 g/mol. The van der Waals surface area contributed by atoms with Crippen LogP contribution in [0.25, 0.3) is 0 Å². The lowest BCUT2D eigenvalue weighted by Crippen LogP contribution is -2.04. The number of unbranched alkanes of at least 4 members (excludes halogenated alkanes) is 1. The first-order valence-electron chi connectivity index (χ1n) is 9.48. The van der Waals surface area contributed by atoms with Gasteiger partial charge in [0, 0.05) is 17.5 Å². The topological polar surface area (TPSA) is 64.4 Å². The number of aromatic amines is 1. The van der Waals surface area contributed by atoms with Crippen molar-refractivity contribution >= 4 is 30.0 Å². The molecular weight excluding hydrogens is 427 g/mol. The quantitative estimate of drug-likeness (QED) is 0.344. The molecular formula is C21H22ClFN4O2S. The van der Waals surface area contributed by atoms with Crippen LogP contribution in [-0.2, 0) is 13.0 Å². The van der Waals surface area contributed by atoms with Crippen molar-refractivity contribution in [1.82, 2.24) is 14.9 Å². The summed E-state index contributed by atoms with van der Waals surface area (Å²) in [5, 5.41) is 11.8. The summed E-state index contributed by atoms with van der Waals surface area (Å²) < 4.78 is 27.4. The van der Waals surface area contributed by atoms with Gasteiger partial charge >= 0.3 is 0 Å². The molecule has 0 aliphatic rings. The predicted molar refractivity (Wildman–Crippen MR) is 118 cm³/mol. The number of aromatic nitrogens is 3. The fourth-order valence-electron chi connectivity index (χ4n) is 2.82. The van der Waals surface area contributed by atoms with E-state index in [4.69, 9.17) is 33.3 Å². The van der Waals surface area contributed by atoms with Gasteiger partial charge in [0.25, 0.3) is 0 Å². The number of ether oxygens (including phenoxy) is 2. The predicted octanol–water partition coefficient (Wildman–Crippen LogP) is 5.55. The van der Waals surface area contributed by atoms with Crippen LogP contribution >= 0.6 is 23.8 Å². The van der Waals surface area contributed by atoms with E-state index in [-0.39, 0.29) is 12.2 Å². The van der Waals surface area contributed by atoms with Crippen LogP contribution in [0.15, 0.2) is 41.5 Å². The second-order valence-electron chi connectivity index (χ2n) is 6.47. The molecule has 0 radical (unpaired) electrons.